The maximum atomic E-state index is 12.6. The largest absolute Gasteiger partial charge is 0.347 e. The van der Waals surface area contributed by atoms with Crippen LogP contribution in [0.25, 0.3) is 0 Å². The van der Waals surface area contributed by atoms with Crippen LogP contribution in [0.15, 0.2) is 29.2 Å². The number of anilines is 1. The fourth-order valence-corrected chi connectivity index (χ4v) is 4.34. The summed E-state index contributed by atoms with van der Waals surface area (Å²) in [6.07, 6.45) is 8.35. The van der Waals surface area contributed by atoms with Crippen molar-refractivity contribution in [2.75, 3.05) is 18.4 Å². The summed E-state index contributed by atoms with van der Waals surface area (Å²) >= 11 is 5.21. The average Bonchev–Trinajstić information content (AvgIpc) is 2.55. The van der Waals surface area contributed by atoms with Crippen molar-refractivity contribution in [1.82, 2.24) is 9.62 Å². The third-order valence-corrected chi connectivity index (χ3v) is 5.97. The Morgan fingerprint density at radius 1 is 1.21 bits per heavy atom. The second kappa shape index (κ2) is 7.51. The van der Waals surface area contributed by atoms with Crippen molar-refractivity contribution in [3.63, 3.8) is 0 Å². The predicted octanol–water partition coefficient (Wildman–Crippen LogP) is 2.56. The normalized spacial score (nSPS) is 16.2. The van der Waals surface area contributed by atoms with E-state index in [1.54, 1.807) is 28.6 Å². The summed E-state index contributed by atoms with van der Waals surface area (Å²) in [5, 5.41) is 6.41. The van der Waals surface area contributed by atoms with E-state index in [1.165, 1.54) is 0 Å². The van der Waals surface area contributed by atoms with E-state index < -0.39 is 15.6 Å². The molecule has 1 saturated heterocycles. The Balaban J connectivity index is 2.05. The van der Waals surface area contributed by atoms with E-state index in [-0.39, 0.29) is 0 Å². The molecule has 1 aromatic carbocycles. The minimum absolute atomic E-state index is 0.304. The van der Waals surface area contributed by atoms with Gasteiger partial charge in [-0.2, -0.15) is 4.31 Å². The third-order valence-electron chi connectivity index (χ3n) is 3.85. The highest BCUT2D eigenvalue weighted by Gasteiger charge is 2.25. The molecule has 130 valence electrons. The number of hydrogen-bond acceptors (Lipinski definition) is 3. The molecular weight excluding hydrogens is 342 g/mol. The van der Waals surface area contributed by atoms with Crippen molar-refractivity contribution in [2.24, 2.45) is 0 Å². The van der Waals surface area contributed by atoms with Gasteiger partial charge in [0.15, 0.2) is 5.11 Å². The molecule has 0 aliphatic carbocycles. The Morgan fingerprint density at radius 2 is 1.79 bits per heavy atom. The molecule has 1 aliphatic heterocycles. The molecule has 1 aromatic rings. The lowest BCUT2D eigenvalue weighted by molar-refractivity contribution is 0.346. The van der Waals surface area contributed by atoms with Gasteiger partial charge in [-0.3, -0.25) is 0 Å². The molecule has 2 N–H and O–H groups in total. The Hall–Kier alpha value is -1.62. The zero-order valence-electron chi connectivity index (χ0n) is 14.0. The topological polar surface area (TPSA) is 61.4 Å². The molecule has 0 amide bonds. The maximum Gasteiger partial charge on any atom is 0.243 e. The summed E-state index contributed by atoms with van der Waals surface area (Å²) in [5.74, 6) is 2.60. The molecule has 0 radical (unpaired) electrons. The molecule has 0 bridgehead atoms. The first-order valence-corrected chi connectivity index (χ1v) is 9.76. The molecule has 7 heteroatoms. The van der Waals surface area contributed by atoms with Gasteiger partial charge in [0.25, 0.3) is 0 Å². The van der Waals surface area contributed by atoms with Crippen LogP contribution >= 0.6 is 12.2 Å². The quantitative estimate of drug-likeness (QED) is 0.634. The van der Waals surface area contributed by atoms with Gasteiger partial charge in [-0.15, -0.1) is 6.42 Å². The van der Waals surface area contributed by atoms with E-state index in [9.17, 15) is 8.42 Å². The monoisotopic (exact) mass is 365 g/mol. The molecular formula is C17H23N3O2S2. The first-order valence-electron chi connectivity index (χ1n) is 7.92. The fourth-order valence-electron chi connectivity index (χ4n) is 2.45. The molecule has 24 heavy (non-hydrogen) atoms. The van der Waals surface area contributed by atoms with E-state index in [0.29, 0.717) is 28.8 Å². The summed E-state index contributed by atoms with van der Waals surface area (Å²) in [6.45, 7) is 4.87. The third kappa shape index (κ3) is 4.69. The average molecular weight is 366 g/mol. The molecule has 0 atom stereocenters. The second-order valence-corrected chi connectivity index (χ2v) is 8.68. The van der Waals surface area contributed by atoms with Crippen molar-refractivity contribution in [2.45, 2.75) is 43.5 Å². The van der Waals surface area contributed by atoms with Gasteiger partial charge in [-0.1, -0.05) is 12.3 Å². The highest BCUT2D eigenvalue weighted by molar-refractivity contribution is 7.89. The van der Waals surface area contributed by atoms with E-state index >= 15 is 0 Å². The summed E-state index contributed by atoms with van der Waals surface area (Å²) in [7, 11) is -3.41. The van der Waals surface area contributed by atoms with Crippen LogP contribution < -0.4 is 10.6 Å². The van der Waals surface area contributed by atoms with Crippen molar-refractivity contribution in [1.29, 1.82) is 0 Å². The Kier molecular flexibility index (Phi) is 5.86. The van der Waals surface area contributed by atoms with Gasteiger partial charge in [0.2, 0.25) is 10.0 Å². The number of thiocarbonyl (C=S) groups is 1. The molecule has 0 aromatic heterocycles. The summed E-state index contributed by atoms with van der Waals surface area (Å²) in [5.41, 5.74) is 0.152. The molecule has 1 fully saturated rings. The Bertz CT molecular complexity index is 728. The van der Waals surface area contributed by atoms with Crippen LogP contribution in [0, 0.1) is 12.3 Å². The van der Waals surface area contributed by atoms with Crippen molar-refractivity contribution in [3.8, 4) is 12.3 Å². The van der Waals surface area contributed by atoms with Gasteiger partial charge in [0, 0.05) is 18.8 Å². The van der Waals surface area contributed by atoms with Crippen LogP contribution in [-0.2, 0) is 10.0 Å². The van der Waals surface area contributed by atoms with Gasteiger partial charge in [0.1, 0.15) is 0 Å². The predicted molar refractivity (Wildman–Crippen MR) is 101 cm³/mol. The zero-order chi connectivity index (χ0) is 17.8. The molecule has 2 rings (SSSR count). The lowest BCUT2D eigenvalue weighted by atomic mass is 10.1. The van der Waals surface area contributed by atoms with Gasteiger partial charge >= 0.3 is 0 Å². The number of sulfonamides is 1. The second-order valence-electron chi connectivity index (χ2n) is 6.34. The minimum Gasteiger partial charge on any atom is -0.347 e. The van der Waals surface area contributed by atoms with Gasteiger partial charge in [0.05, 0.1) is 10.4 Å². The van der Waals surface area contributed by atoms with Crippen molar-refractivity contribution < 1.29 is 8.42 Å². The molecule has 0 saturated carbocycles. The van der Waals surface area contributed by atoms with Crippen LogP contribution in [0.2, 0.25) is 0 Å². The van der Waals surface area contributed by atoms with E-state index in [0.717, 1.165) is 19.3 Å². The number of terminal acetylenes is 1. The number of hydrogen-bond donors (Lipinski definition) is 2. The maximum absolute atomic E-state index is 12.6. The summed E-state index contributed by atoms with van der Waals surface area (Å²) in [6, 6.07) is 6.60. The molecule has 5 nitrogen and oxygen atoms in total. The van der Waals surface area contributed by atoms with E-state index in [2.05, 4.69) is 16.6 Å². The lowest BCUT2D eigenvalue weighted by Gasteiger charge is -2.26. The number of benzene rings is 1. The van der Waals surface area contributed by atoms with Crippen LogP contribution in [0.3, 0.4) is 0 Å². The molecule has 0 spiro atoms. The van der Waals surface area contributed by atoms with Gasteiger partial charge in [-0.25, -0.2) is 8.42 Å². The Morgan fingerprint density at radius 3 is 2.33 bits per heavy atom. The highest BCUT2D eigenvalue weighted by atomic mass is 32.2. The van der Waals surface area contributed by atoms with E-state index in [4.69, 9.17) is 18.6 Å². The fraction of sp³-hybridized carbons (Fsp3) is 0.471. The molecule has 0 unspecified atom stereocenters. The number of rotatable bonds is 4. The standard InChI is InChI=1S/C17H23N3O2S2/c1-4-17(2,3)19-16(23)18-14-8-10-15(11-9-14)24(21,22)20-12-6-5-7-13-20/h1,8-11H,5-7,12-13H2,2-3H3,(H2,18,19,23). The number of piperidine rings is 1. The first-order chi connectivity index (χ1) is 11.2. The van der Waals surface area contributed by atoms with Crippen LogP contribution in [-0.4, -0.2) is 36.5 Å². The summed E-state index contributed by atoms with van der Waals surface area (Å²) in [4.78, 5) is 0.304. The smallest absolute Gasteiger partial charge is 0.243 e. The zero-order valence-corrected chi connectivity index (χ0v) is 15.6. The van der Waals surface area contributed by atoms with Crippen LogP contribution in [0.1, 0.15) is 33.1 Å². The SMILES string of the molecule is C#CC(C)(C)NC(=S)Nc1ccc(S(=O)(=O)N2CCCCC2)cc1. The van der Waals surface area contributed by atoms with Gasteiger partial charge < -0.3 is 10.6 Å². The highest BCUT2D eigenvalue weighted by Crippen LogP contribution is 2.22. The first kappa shape index (κ1) is 18.7. The van der Waals surface area contributed by atoms with Crippen molar-refractivity contribution in [3.05, 3.63) is 24.3 Å². The number of nitrogens with zero attached hydrogens (tertiary/aromatic N) is 1. The molecule has 1 aliphatic rings. The van der Waals surface area contributed by atoms with E-state index in [1.807, 2.05) is 13.8 Å². The number of nitrogens with one attached hydrogen (secondary N) is 2. The minimum atomic E-state index is -3.41. The Labute approximate surface area is 149 Å². The summed E-state index contributed by atoms with van der Waals surface area (Å²) < 4.78 is 26.7. The van der Waals surface area contributed by atoms with Crippen LogP contribution in [0.4, 0.5) is 5.69 Å². The molecule has 1 heterocycles. The lowest BCUT2D eigenvalue weighted by Crippen LogP contribution is -2.44. The van der Waals surface area contributed by atoms with Crippen LogP contribution in [0.5, 0.6) is 0 Å². The van der Waals surface area contributed by atoms with Crippen molar-refractivity contribution >= 4 is 33.0 Å². The van der Waals surface area contributed by atoms with Gasteiger partial charge in [-0.05, 0) is 63.2 Å².